The van der Waals surface area contributed by atoms with Crippen molar-refractivity contribution in [1.29, 1.82) is 0 Å². The molecule has 0 saturated heterocycles. The average molecular weight is 302 g/mol. The summed E-state index contributed by atoms with van der Waals surface area (Å²) >= 11 is 0. The van der Waals surface area contributed by atoms with Crippen molar-refractivity contribution in [2.24, 2.45) is 0 Å². The number of carbonyl (C=O) groups excluding carboxylic acids is 2. The van der Waals surface area contributed by atoms with Crippen LogP contribution in [0.2, 0.25) is 0 Å². The molecule has 6 heteroatoms. The lowest BCUT2D eigenvalue weighted by atomic mass is 10.0. The Labute approximate surface area is 124 Å². The van der Waals surface area contributed by atoms with Crippen LogP contribution in [0.15, 0.2) is 30.3 Å². The predicted octanol–water partition coefficient (Wildman–Crippen LogP) is -3.25. The van der Waals surface area contributed by atoms with Crippen LogP contribution in [0.25, 0.3) is 0 Å². The topological polar surface area (TPSA) is 80.2 Å². The van der Waals surface area contributed by atoms with Crippen molar-refractivity contribution in [3.8, 4) is 0 Å². The smallest absolute Gasteiger partial charge is 0.365 e. The molecule has 0 bridgehead atoms. The number of carbonyl (C=O) groups is 2. The minimum Gasteiger partial charge on any atom is -1.00 e. The molecule has 1 rings (SSSR count). The third kappa shape index (κ3) is 6.14. The summed E-state index contributed by atoms with van der Waals surface area (Å²) in [7, 11) is 0. The van der Waals surface area contributed by atoms with E-state index in [-0.39, 0.29) is 37.8 Å². The predicted molar refractivity (Wildman–Crippen MR) is 69.7 cm³/mol. The van der Waals surface area contributed by atoms with Gasteiger partial charge in [0.15, 0.2) is 11.8 Å². The number of ether oxygens (including phenoxy) is 1. The van der Waals surface area contributed by atoms with Crippen molar-refractivity contribution in [3.05, 3.63) is 35.9 Å². The molecule has 0 aliphatic heterocycles. The fourth-order valence-corrected chi connectivity index (χ4v) is 1.73. The molecule has 3 N–H and O–H groups in total. The number of nitrogens with two attached hydrogens (primary N) is 1. The van der Waals surface area contributed by atoms with E-state index in [2.05, 4.69) is 0 Å². The summed E-state index contributed by atoms with van der Waals surface area (Å²) in [6.45, 7) is 2.32. The molecule has 0 aromatic heterocycles. The fourth-order valence-electron chi connectivity index (χ4n) is 1.73. The van der Waals surface area contributed by atoms with Crippen LogP contribution in [0.3, 0.4) is 0 Å². The molecule has 0 amide bonds. The maximum atomic E-state index is 12.0. The molecule has 0 spiro atoms. The molecule has 0 fully saturated rings. The van der Waals surface area contributed by atoms with Gasteiger partial charge in [-0.2, -0.15) is 0 Å². The molecule has 0 heterocycles. The third-order valence-electron chi connectivity index (χ3n) is 2.67. The Morgan fingerprint density at radius 2 is 1.95 bits per heavy atom. The van der Waals surface area contributed by atoms with E-state index in [4.69, 9.17) is 9.84 Å². The quantitative estimate of drug-likeness (QED) is 0.390. The molecule has 0 saturated carbocycles. The van der Waals surface area contributed by atoms with Crippen LogP contribution in [0.5, 0.6) is 0 Å². The van der Waals surface area contributed by atoms with Gasteiger partial charge in [-0.05, 0) is 6.92 Å². The maximum absolute atomic E-state index is 12.0. The number of benzene rings is 1. The molecule has 1 aromatic carbocycles. The first-order valence-corrected chi connectivity index (χ1v) is 6.38. The second kappa shape index (κ2) is 10.4. The molecule has 1 unspecified atom stereocenters. The molecule has 0 aliphatic rings. The molecule has 0 aliphatic carbocycles. The number of Topliss-reactive ketones (excluding diaryl/α,β-unsaturated/α-hetero) is 1. The van der Waals surface area contributed by atoms with E-state index in [9.17, 15) is 9.59 Å². The highest BCUT2D eigenvalue weighted by molar-refractivity contribution is 5.98. The summed E-state index contributed by atoms with van der Waals surface area (Å²) in [6.07, 6.45) is 0.0723. The van der Waals surface area contributed by atoms with Crippen LogP contribution in [-0.2, 0) is 9.53 Å². The van der Waals surface area contributed by atoms with Crippen molar-refractivity contribution >= 4 is 11.8 Å². The van der Waals surface area contributed by atoms with Crippen LogP contribution >= 0.6 is 0 Å². The van der Waals surface area contributed by atoms with E-state index in [1.165, 1.54) is 0 Å². The average Bonchev–Trinajstić information content (AvgIpc) is 2.44. The van der Waals surface area contributed by atoms with Crippen LogP contribution < -0.4 is 17.7 Å². The largest absolute Gasteiger partial charge is 1.00 e. The Bertz CT molecular complexity index is 411. The summed E-state index contributed by atoms with van der Waals surface area (Å²) in [5.41, 5.74) is 0.578. The highest BCUT2D eigenvalue weighted by Gasteiger charge is 2.26. The number of hydrogen-bond acceptors (Lipinski definition) is 4. The summed E-state index contributed by atoms with van der Waals surface area (Å²) in [5, 5.41) is 10.4. The van der Waals surface area contributed by atoms with Gasteiger partial charge in [0.25, 0.3) is 0 Å². The zero-order chi connectivity index (χ0) is 14.1. The molecular formula is C14H20ClNO4. The van der Waals surface area contributed by atoms with E-state index >= 15 is 0 Å². The van der Waals surface area contributed by atoms with Crippen LogP contribution in [0.1, 0.15) is 23.7 Å². The zero-order valence-electron chi connectivity index (χ0n) is 11.4. The van der Waals surface area contributed by atoms with Crippen molar-refractivity contribution < 1.29 is 37.2 Å². The monoisotopic (exact) mass is 301 g/mol. The number of rotatable bonds is 8. The molecule has 5 nitrogen and oxygen atoms in total. The first kappa shape index (κ1) is 18.6. The lowest BCUT2D eigenvalue weighted by Gasteiger charge is -2.13. The lowest BCUT2D eigenvalue weighted by Crippen LogP contribution is -3.00. The Hall–Kier alpha value is -1.43. The van der Waals surface area contributed by atoms with Crippen molar-refractivity contribution in [2.75, 3.05) is 19.8 Å². The maximum Gasteiger partial charge on any atom is 0.365 e. The van der Waals surface area contributed by atoms with Gasteiger partial charge in [0.2, 0.25) is 0 Å². The van der Waals surface area contributed by atoms with Crippen molar-refractivity contribution in [2.45, 2.75) is 19.4 Å². The summed E-state index contributed by atoms with van der Waals surface area (Å²) in [4.78, 5) is 23.8. The Morgan fingerprint density at radius 3 is 2.50 bits per heavy atom. The van der Waals surface area contributed by atoms with Crippen LogP contribution in [0.4, 0.5) is 0 Å². The SMILES string of the molecule is CCOC(=O)C(CC(=O)c1ccccc1)[NH2+]CCO.[Cl-]. The first-order chi connectivity index (χ1) is 9.19. The van der Waals surface area contributed by atoms with Gasteiger partial charge in [0.05, 0.1) is 26.2 Å². The van der Waals surface area contributed by atoms with Gasteiger partial charge in [-0.15, -0.1) is 0 Å². The van der Waals surface area contributed by atoms with Gasteiger partial charge in [0, 0.05) is 5.56 Å². The van der Waals surface area contributed by atoms with Gasteiger partial charge in [-0.1, -0.05) is 30.3 Å². The summed E-state index contributed by atoms with van der Waals surface area (Å²) in [5.74, 6) is -0.520. The Balaban J connectivity index is 0.00000361. The van der Waals surface area contributed by atoms with E-state index < -0.39 is 12.0 Å². The second-order valence-electron chi connectivity index (χ2n) is 4.10. The number of hydrogen-bond donors (Lipinski definition) is 2. The van der Waals surface area contributed by atoms with Crippen molar-refractivity contribution in [3.63, 3.8) is 0 Å². The van der Waals surface area contributed by atoms with Crippen LogP contribution in [0, 0.1) is 0 Å². The lowest BCUT2D eigenvalue weighted by molar-refractivity contribution is -0.678. The van der Waals surface area contributed by atoms with E-state index in [0.717, 1.165) is 0 Å². The number of halogens is 1. The van der Waals surface area contributed by atoms with E-state index in [1.54, 1.807) is 36.5 Å². The number of aliphatic hydroxyl groups is 1. The van der Waals surface area contributed by atoms with E-state index in [0.29, 0.717) is 12.1 Å². The normalized spacial score (nSPS) is 11.3. The fraction of sp³-hybridized carbons (Fsp3) is 0.429. The van der Waals surface area contributed by atoms with Gasteiger partial charge in [-0.25, -0.2) is 4.79 Å². The Morgan fingerprint density at radius 1 is 1.30 bits per heavy atom. The first-order valence-electron chi connectivity index (χ1n) is 6.38. The minimum atomic E-state index is -0.597. The van der Waals surface area contributed by atoms with Gasteiger partial charge in [-0.3, -0.25) is 4.79 Å². The zero-order valence-corrected chi connectivity index (χ0v) is 12.2. The third-order valence-corrected chi connectivity index (χ3v) is 2.67. The van der Waals surface area contributed by atoms with Crippen LogP contribution in [-0.4, -0.2) is 42.7 Å². The van der Waals surface area contributed by atoms with Crippen molar-refractivity contribution in [1.82, 2.24) is 0 Å². The highest BCUT2D eigenvalue weighted by Crippen LogP contribution is 2.05. The highest BCUT2D eigenvalue weighted by atomic mass is 35.5. The standard InChI is InChI=1S/C14H19NO4.ClH/c1-2-19-14(18)12(15-8-9-16)10-13(17)11-6-4-3-5-7-11;/h3-7,12,15-16H,2,8-10H2,1H3;1H. The molecule has 112 valence electrons. The Kier molecular flexibility index (Phi) is 9.63. The summed E-state index contributed by atoms with van der Waals surface area (Å²) < 4.78 is 4.93. The number of esters is 1. The van der Waals surface area contributed by atoms with Gasteiger partial charge in [0.1, 0.15) is 0 Å². The minimum absolute atomic E-state index is 0. The summed E-state index contributed by atoms with van der Waals surface area (Å²) in [6, 6.07) is 8.23. The molecule has 20 heavy (non-hydrogen) atoms. The molecule has 1 aromatic rings. The van der Waals surface area contributed by atoms with Gasteiger partial charge < -0.3 is 27.6 Å². The number of quaternary nitrogens is 1. The number of aliphatic hydroxyl groups excluding tert-OH is 1. The molecule has 0 radical (unpaired) electrons. The van der Waals surface area contributed by atoms with E-state index in [1.807, 2.05) is 6.07 Å². The van der Waals surface area contributed by atoms with Gasteiger partial charge >= 0.3 is 5.97 Å². The second-order valence-corrected chi connectivity index (χ2v) is 4.10. The number of ketones is 1. The molecule has 1 atom stereocenters. The molecular weight excluding hydrogens is 282 g/mol.